The highest BCUT2D eigenvalue weighted by molar-refractivity contribution is 5.76. The van der Waals surface area contributed by atoms with Crippen LogP contribution in [0.25, 0.3) is 0 Å². The summed E-state index contributed by atoms with van der Waals surface area (Å²) in [6, 6.07) is -0.836. The fourth-order valence-corrected chi connectivity index (χ4v) is 9.66. The Morgan fingerprint density at radius 2 is 0.910 bits per heavy atom. The molecule has 11 nitrogen and oxygen atoms in total. The summed E-state index contributed by atoms with van der Waals surface area (Å²) in [7, 11) is 0. The third-order valence-electron chi connectivity index (χ3n) is 14.8. The molecule has 0 aromatic rings. The van der Waals surface area contributed by atoms with E-state index in [1.807, 2.05) is 6.08 Å². The van der Waals surface area contributed by atoms with Crippen LogP contribution in [0.5, 0.6) is 0 Å². The Bertz CT molecular complexity index is 1520. The average Bonchev–Trinajstić information content (AvgIpc) is 3.44. The van der Waals surface area contributed by atoms with Crippen molar-refractivity contribution < 1.29 is 49.3 Å². The number of allylic oxidation sites excluding steroid dienone is 11. The molecule has 0 radical (unpaired) electrons. The number of rotatable bonds is 55. The summed E-state index contributed by atoms with van der Waals surface area (Å²) in [5.74, 6) is -0.210. The SMILES string of the molecule is CC/C=C/CC/C=C/CC/C=C/C(O)C(COC1OC(CO)C(O)C(O)C1O)NC(=O)CCCCCCCCCCCCCCC/C=C\C/C=C\CCCCCCCCCCCOC(=O)CCCCCCC/C=C\CCCC. The van der Waals surface area contributed by atoms with Crippen LogP contribution in [-0.2, 0) is 23.8 Å². The largest absolute Gasteiger partial charge is 0.466 e. The molecule has 1 heterocycles. The van der Waals surface area contributed by atoms with Gasteiger partial charge in [0, 0.05) is 12.8 Å². The van der Waals surface area contributed by atoms with Gasteiger partial charge in [-0.05, 0) is 103 Å². The normalized spacial score (nSPS) is 19.0. The second-order valence-corrected chi connectivity index (χ2v) is 22.1. The number of aliphatic hydroxyl groups is 5. The first-order chi connectivity index (χ1) is 38.2. The fourth-order valence-electron chi connectivity index (χ4n) is 9.66. The molecule has 6 N–H and O–H groups in total. The number of ether oxygens (including phenoxy) is 3. The van der Waals surface area contributed by atoms with Crippen molar-refractivity contribution >= 4 is 11.9 Å². The molecule has 0 aromatic heterocycles. The molecule has 7 unspecified atom stereocenters. The number of carbonyl (C=O) groups is 2. The van der Waals surface area contributed by atoms with Crippen LogP contribution < -0.4 is 5.32 Å². The molecule has 1 amide bonds. The summed E-state index contributed by atoms with van der Waals surface area (Å²) in [4.78, 5) is 25.0. The molecule has 1 fully saturated rings. The summed E-state index contributed by atoms with van der Waals surface area (Å²) in [5, 5.41) is 54.2. The molecule has 78 heavy (non-hydrogen) atoms. The van der Waals surface area contributed by atoms with Gasteiger partial charge >= 0.3 is 5.97 Å². The van der Waals surface area contributed by atoms with Gasteiger partial charge in [-0.15, -0.1) is 0 Å². The number of carbonyl (C=O) groups excluding carboxylic acids is 2. The Labute approximate surface area is 477 Å². The predicted octanol–water partition coefficient (Wildman–Crippen LogP) is 15.6. The van der Waals surface area contributed by atoms with Crippen molar-refractivity contribution in [3.05, 3.63) is 72.9 Å². The first kappa shape index (κ1) is 73.1. The number of nitrogens with one attached hydrogen (secondary N) is 1. The minimum Gasteiger partial charge on any atom is -0.466 e. The molecule has 11 heteroatoms. The van der Waals surface area contributed by atoms with Crippen LogP contribution in [0.1, 0.15) is 277 Å². The highest BCUT2D eigenvalue weighted by Crippen LogP contribution is 2.23. The molecular weight excluding hydrogens is 979 g/mol. The quantitative estimate of drug-likeness (QED) is 0.0195. The van der Waals surface area contributed by atoms with Crippen molar-refractivity contribution in [2.24, 2.45) is 0 Å². The lowest BCUT2D eigenvalue weighted by Gasteiger charge is -2.40. The number of hydrogen-bond donors (Lipinski definition) is 6. The molecule has 1 aliphatic rings. The first-order valence-corrected chi connectivity index (χ1v) is 32.2. The van der Waals surface area contributed by atoms with E-state index in [2.05, 4.69) is 79.9 Å². The zero-order valence-corrected chi connectivity index (χ0v) is 49.9. The molecular formula is C67H119NO10. The van der Waals surface area contributed by atoms with E-state index in [1.54, 1.807) is 6.08 Å². The zero-order valence-electron chi connectivity index (χ0n) is 49.9. The average molecular weight is 1100 g/mol. The Morgan fingerprint density at radius 1 is 0.487 bits per heavy atom. The van der Waals surface area contributed by atoms with Gasteiger partial charge in [0.1, 0.15) is 24.4 Å². The second-order valence-electron chi connectivity index (χ2n) is 22.1. The van der Waals surface area contributed by atoms with Gasteiger partial charge in [-0.2, -0.15) is 0 Å². The molecule has 1 saturated heterocycles. The van der Waals surface area contributed by atoms with Crippen LogP contribution in [0.4, 0.5) is 0 Å². The predicted molar refractivity (Wildman–Crippen MR) is 324 cm³/mol. The van der Waals surface area contributed by atoms with E-state index < -0.39 is 49.5 Å². The summed E-state index contributed by atoms with van der Waals surface area (Å²) < 4.78 is 16.7. The van der Waals surface area contributed by atoms with Gasteiger partial charge in [-0.25, -0.2) is 0 Å². The number of hydrogen-bond acceptors (Lipinski definition) is 10. The van der Waals surface area contributed by atoms with Gasteiger partial charge in [0.2, 0.25) is 5.91 Å². The zero-order chi connectivity index (χ0) is 56.6. The van der Waals surface area contributed by atoms with E-state index in [1.165, 1.54) is 173 Å². The number of unbranched alkanes of at least 4 members (excludes halogenated alkanes) is 31. The van der Waals surface area contributed by atoms with E-state index >= 15 is 0 Å². The summed E-state index contributed by atoms with van der Waals surface area (Å²) >= 11 is 0. The Hall–Kier alpha value is -2.90. The van der Waals surface area contributed by atoms with Crippen LogP contribution >= 0.6 is 0 Å². The van der Waals surface area contributed by atoms with Gasteiger partial charge in [0.25, 0.3) is 0 Å². The van der Waals surface area contributed by atoms with Gasteiger partial charge in [-0.3, -0.25) is 9.59 Å². The summed E-state index contributed by atoms with van der Waals surface area (Å²) in [6.07, 6.45) is 64.7. The van der Waals surface area contributed by atoms with Crippen LogP contribution in [0.2, 0.25) is 0 Å². The molecule has 0 bridgehead atoms. The molecule has 7 atom stereocenters. The van der Waals surface area contributed by atoms with E-state index in [0.717, 1.165) is 77.0 Å². The Balaban J connectivity index is 1.99. The Morgan fingerprint density at radius 3 is 1.41 bits per heavy atom. The number of esters is 1. The first-order valence-electron chi connectivity index (χ1n) is 32.2. The molecule has 0 aromatic carbocycles. The maximum Gasteiger partial charge on any atom is 0.305 e. The van der Waals surface area contributed by atoms with Crippen molar-refractivity contribution in [2.75, 3.05) is 19.8 Å². The van der Waals surface area contributed by atoms with E-state index in [0.29, 0.717) is 19.4 Å². The molecule has 0 aliphatic carbocycles. The van der Waals surface area contributed by atoms with Crippen LogP contribution in [0, 0.1) is 0 Å². The monoisotopic (exact) mass is 1100 g/mol. The van der Waals surface area contributed by atoms with Crippen molar-refractivity contribution in [3.63, 3.8) is 0 Å². The topological polar surface area (TPSA) is 175 Å². The van der Waals surface area contributed by atoms with Crippen LogP contribution in [0.15, 0.2) is 72.9 Å². The van der Waals surface area contributed by atoms with E-state index in [4.69, 9.17) is 14.2 Å². The summed E-state index contributed by atoms with van der Waals surface area (Å²) in [6.45, 7) is 4.16. The van der Waals surface area contributed by atoms with Gasteiger partial charge in [0.05, 0.1) is 32.0 Å². The maximum atomic E-state index is 13.0. The number of aliphatic hydroxyl groups excluding tert-OH is 5. The highest BCUT2D eigenvalue weighted by Gasteiger charge is 2.44. The van der Waals surface area contributed by atoms with Crippen molar-refractivity contribution in [1.82, 2.24) is 5.32 Å². The number of amides is 1. The van der Waals surface area contributed by atoms with Crippen LogP contribution in [0.3, 0.4) is 0 Å². The maximum absolute atomic E-state index is 13.0. The lowest BCUT2D eigenvalue weighted by molar-refractivity contribution is -0.302. The van der Waals surface area contributed by atoms with Gasteiger partial charge in [0.15, 0.2) is 6.29 Å². The third-order valence-corrected chi connectivity index (χ3v) is 14.8. The van der Waals surface area contributed by atoms with Crippen LogP contribution in [-0.4, -0.2) is 100 Å². The van der Waals surface area contributed by atoms with Crippen molar-refractivity contribution in [3.8, 4) is 0 Å². The lowest BCUT2D eigenvalue weighted by atomic mass is 9.99. The molecule has 1 rings (SSSR count). The standard InChI is InChI=1S/C67H119NO10/c1-3-5-7-9-11-13-34-39-43-47-51-55-63(72)76-56-52-48-44-40-36-33-31-29-27-25-23-21-19-17-15-16-18-20-22-24-26-28-30-32-35-38-42-46-50-54-62(71)68-59(58-77-67-66(75)65(74)64(73)61(57-69)78-67)60(70)53-49-45-41-37-14-12-10-8-6-4-2/h6,8-9,11,14-15,17,21,23,37,49,53,59-61,64-67,69-70,73-75H,3-5,7,10,12-13,16,18-20,22,24-36,38-48,50-52,54-58H2,1-2H3,(H,68,71)/b8-6+,11-9-,17-15-,23-21-,37-14+,53-49+. The molecule has 0 spiro atoms. The molecule has 452 valence electrons. The fraction of sp³-hybridized carbons (Fsp3) is 0.791. The van der Waals surface area contributed by atoms with E-state index in [9.17, 15) is 35.1 Å². The third kappa shape index (κ3) is 44.8. The van der Waals surface area contributed by atoms with Crippen molar-refractivity contribution in [2.45, 2.75) is 320 Å². The lowest BCUT2D eigenvalue weighted by Crippen LogP contribution is -2.60. The van der Waals surface area contributed by atoms with Crippen molar-refractivity contribution in [1.29, 1.82) is 0 Å². The minimum atomic E-state index is -1.58. The molecule has 1 aliphatic heterocycles. The summed E-state index contributed by atoms with van der Waals surface area (Å²) in [5.41, 5.74) is 0. The van der Waals surface area contributed by atoms with Gasteiger partial charge < -0.3 is 45.1 Å². The Kier molecular flexibility index (Phi) is 52.5. The van der Waals surface area contributed by atoms with E-state index in [-0.39, 0.29) is 18.5 Å². The minimum absolute atomic E-state index is 0.00919. The highest BCUT2D eigenvalue weighted by atomic mass is 16.7. The second kappa shape index (κ2) is 56.0. The molecule has 0 saturated carbocycles. The van der Waals surface area contributed by atoms with Gasteiger partial charge in [-0.1, -0.05) is 234 Å². The smallest absolute Gasteiger partial charge is 0.305 e.